The molecule has 23 atom stereocenters. The lowest BCUT2D eigenvalue weighted by atomic mass is 9.82. The highest BCUT2D eigenvalue weighted by atomic mass is 16.7. The van der Waals surface area contributed by atoms with Gasteiger partial charge < -0.3 is 90.0 Å². The van der Waals surface area contributed by atoms with Gasteiger partial charge in [-0.2, -0.15) is 0 Å². The van der Waals surface area contributed by atoms with Gasteiger partial charge in [0.1, 0.15) is 75.8 Å². The van der Waals surface area contributed by atoms with E-state index in [0.717, 1.165) is 6.42 Å². The molecule has 1 saturated carbocycles. The molecule has 0 aromatic carbocycles. The minimum atomic E-state index is -0.472. The number of ether oxygens (including phenoxy) is 19. The van der Waals surface area contributed by atoms with Crippen LogP contribution >= 0.6 is 0 Å². The van der Waals surface area contributed by atoms with E-state index in [-0.39, 0.29) is 103 Å². The molecular formula is C52H92O19. The molecule has 0 radical (unpaired) electrons. The summed E-state index contributed by atoms with van der Waals surface area (Å²) in [5.41, 5.74) is -1.55. The fourth-order valence-electron chi connectivity index (χ4n) is 13.9. The Kier molecular flexibility index (Phi) is 19.1. The quantitative estimate of drug-likeness (QED) is 0.214. The summed E-state index contributed by atoms with van der Waals surface area (Å²) in [5, 5.41) is 0. The molecule has 10 rings (SSSR count). The predicted molar refractivity (Wildman–Crippen MR) is 259 cm³/mol. The Labute approximate surface area is 424 Å². The van der Waals surface area contributed by atoms with E-state index in [9.17, 15) is 0 Å². The van der Waals surface area contributed by atoms with Crippen LogP contribution < -0.4 is 0 Å². The van der Waals surface area contributed by atoms with Crippen LogP contribution in [-0.4, -0.2) is 242 Å². The molecule has 19 nitrogen and oxygen atoms in total. The van der Waals surface area contributed by atoms with E-state index < -0.39 is 28.0 Å². The van der Waals surface area contributed by atoms with E-state index in [1.54, 1.807) is 71.1 Å². The molecule has 0 aromatic heterocycles. The number of hydrogen-bond acceptors (Lipinski definition) is 19. The SMILES string of the molecule is C=C1CC2(COC)O[C@@H](C)C1[C@@H]2OC.COC[C@@]12O[C@@H](C)[C@@H](O[C@@H]1C)[C@@]2(C)OC.COC[C@]12CO[C@H]([C@H](C)O1)[C@@]2(C)OC.CO[C@@H](C)[C@]12CO[C@H]([C@H](C)O1)[C@H]2OC.CO[C@@H]1[C@@H]2OC[C@@]1([C@@H](C)OC)O[C@H]2C. The smallest absolute Gasteiger partial charge is 0.149 e. The molecule has 10 fully saturated rings. The number of fused-ring (bicyclic) bond motifs is 10. The van der Waals surface area contributed by atoms with Crippen molar-refractivity contribution < 1.29 is 90.0 Å². The molecule has 10 aliphatic rings. The number of hydrogen-bond donors (Lipinski definition) is 0. The normalized spacial score (nSPS) is 49.7. The predicted octanol–water partition coefficient (Wildman–Crippen LogP) is 4.14. The average molecular weight is 1020 g/mol. The number of rotatable bonds is 15. The molecule has 9 heterocycles. The largest absolute Gasteiger partial charge is 0.382 e. The van der Waals surface area contributed by atoms with Gasteiger partial charge in [-0.15, -0.1) is 0 Å². The molecule has 414 valence electrons. The molecule has 0 N–H and O–H groups in total. The molecular weight excluding hydrogens is 929 g/mol. The van der Waals surface area contributed by atoms with Crippen molar-refractivity contribution >= 4 is 0 Å². The lowest BCUT2D eigenvalue weighted by Crippen LogP contribution is -2.57. The van der Waals surface area contributed by atoms with Crippen molar-refractivity contribution in [3.63, 3.8) is 0 Å². The second kappa shape index (κ2) is 22.9. The zero-order valence-electron chi connectivity index (χ0n) is 46.7. The van der Waals surface area contributed by atoms with Gasteiger partial charge in [-0.05, 0) is 69.2 Å². The van der Waals surface area contributed by atoms with Crippen molar-refractivity contribution in [1.82, 2.24) is 0 Å². The van der Waals surface area contributed by atoms with Crippen LogP contribution in [0.5, 0.6) is 0 Å². The number of methoxy groups -OCH3 is 10. The summed E-state index contributed by atoms with van der Waals surface area (Å²) in [6, 6.07) is 0. The van der Waals surface area contributed by atoms with E-state index in [1.165, 1.54) is 5.57 Å². The first kappa shape index (κ1) is 59.2. The van der Waals surface area contributed by atoms with Crippen LogP contribution in [0.1, 0.15) is 75.7 Å². The minimum Gasteiger partial charge on any atom is -0.382 e. The van der Waals surface area contributed by atoms with Crippen molar-refractivity contribution in [3.05, 3.63) is 12.2 Å². The second-order valence-corrected chi connectivity index (χ2v) is 21.5. The third kappa shape index (κ3) is 9.45. The maximum absolute atomic E-state index is 6.03. The molecule has 0 amide bonds. The van der Waals surface area contributed by atoms with Crippen molar-refractivity contribution in [2.75, 3.05) is 111 Å². The maximum atomic E-state index is 6.03. The van der Waals surface area contributed by atoms with Gasteiger partial charge in [-0.25, -0.2) is 0 Å². The van der Waals surface area contributed by atoms with Gasteiger partial charge in [0.15, 0.2) is 0 Å². The van der Waals surface area contributed by atoms with Crippen LogP contribution in [0.15, 0.2) is 12.2 Å². The van der Waals surface area contributed by atoms with Gasteiger partial charge in [-0.3, -0.25) is 0 Å². The highest BCUT2D eigenvalue weighted by Crippen LogP contribution is 2.54. The van der Waals surface area contributed by atoms with Crippen LogP contribution in [0, 0.1) is 5.92 Å². The first-order chi connectivity index (χ1) is 33.6. The Morgan fingerprint density at radius 3 is 1.44 bits per heavy atom. The highest BCUT2D eigenvalue weighted by molar-refractivity contribution is 5.26. The van der Waals surface area contributed by atoms with Crippen LogP contribution in [-0.2, 0) is 90.0 Å². The van der Waals surface area contributed by atoms with Crippen molar-refractivity contribution in [1.29, 1.82) is 0 Å². The first-order valence-corrected chi connectivity index (χ1v) is 25.3. The second-order valence-electron chi connectivity index (χ2n) is 21.5. The molecule has 0 aromatic rings. The Morgan fingerprint density at radius 1 is 0.535 bits per heavy atom. The van der Waals surface area contributed by atoms with Gasteiger partial charge in [-0.1, -0.05) is 12.2 Å². The van der Waals surface area contributed by atoms with Crippen molar-refractivity contribution in [2.45, 2.75) is 206 Å². The molecule has 9 aliphatic heterocycles. The summed E-state index contributed by atoms with van der Waals surface area (Å²) in [7, 11) is 17.0. The Bertz CT molecular complexity index is 1700. The van der Waals surface area contributed by atoms with Gasteiger partial charge in [0.05, 0.1) is 94.6 Å². The lowest BCUT2D eigenvalue weighted by Gasteiger charge is -2.38. The molecule has 19 heteroatoms. The van der Waals surface area contributed by atoms with E-state index in [4.69, 9.17) is 90.0 Å². The van der Waals surface area contributed by atoms with Gasteiger partial charge in [0.25, 0.3) is 0 Å². The average Bonchev–Trinajstić information content (AvgIpc) is 4.25. The summed E-state index contributed by atoms with van der Waals surface area (Å²) in [4.78, 5) is 0. The summed E-state index contributed by atoms with van der Waals surface area (Å²) < 4.78 is 107. The zero-order chi connectivity index (χ0) is 52.7. The summed E-state index contributed by atoms with van der Waals surface area (Å²) in [6.45, 7) is 27.6. The summed E-state index contributed by atoms with van der Waals surface area (Å²) in [5.74, 6) is 0.343. The Hall–Kier alpha value is -1.02. The van der Waals surface area contributed by atoms with Crippen molar-refractivity contribution in [3.8, 4) is 0 Å². The zero-order valence-corrected chi connectivity index (χ0v) is 46.7. The van der Waals surface area contributed by atoms with Crippen LogP contribution in [0.2, 0.25) is 0 Å². The van der Waals surface area contributed by atoms with E-state index in [0.29, 0.717) is 45.6 Å². The molecule has 10 bridgehead atoms. The van der Waals surface area contributed by atoms with Crippen LogP contribution in [0.4, 0.5) is 0 Å². The lowest BCUT2D eigenvalue weighted by molar-refractivity contribution is -0.201. The topological polar surface area (TPSA) is 175 Å². The Balaban J connectivity index is 0.000000145. The van der Waals surface area contributed by atoms with E-state index >= 15 is 0 Å². The fraction of sp³-hybridized carbons (Fsp3) is 0.962. The monoisotopic (exact) mass is 1020 g/mol. The molecule has 9 saturated heterocycles. The van der Waals surface area contributed by atoms with Gasteiger partial charge in [0, 0.05) is 83.4 Å². The molecule has 71 heavy (non-hydrogen) atoms. The van der Waals surface area contributed by atoms with E-state index in [2.05, 4.69) is 13.5 Å². The van der Waals surface area contributed by atoms with Gasteiger partial charge in [0.2, 0.25) is 0 Å². The van der Waals surface area contributed by atoms with E-state index in [1.807, 2.05) is 62.3 Å². The van der Waals surface area contributed by atoms with Crippen molar-refractivity contribution in [2.24, 2.45) is 5.92 Å². The summed E-state index contributed by atoms with van der Waals surface area (Å²) in [6.07, 6.45) is 1.58. The minimum absolute atomic E-state index is 0.00333. The third-order valence-corrected chi connectivity index (χ3v) is 17.9. The molecule has 1 aliphatic carbocycles. The standard InChI is InChI=1S/C11H20O4.C11H18O3.3C10H18O4/c1-7-9-10(3,13-5)11(15-7,6-12-4)8(2)14-9;1-7-5-11(6-12-3)10(13-4)9(7)8(2)14-11;1-7-8-9(2,12-4)10(14-7,5-11-3)6-13-8;2*1-6-8-9(12-4)10(14-6,5-13-8)7(2)11-3/h7-9H,6H2,1-5H3;8-10H,1,5-6H2,2-4H3;7-8H,5-6H2,1-4H3;2*6-9H,5H2,1-4H3/t7-,8+,9+,10+,11+;8-,9?,10-,11?;7-,8+,9+,10+;6-,7+,8+,9+,10-;6-,7-,8+,9+,10-/m00000/s1. The summed E-state index contributed by atoms with van der Waals surface area (Å²) >= 11 is 0. The van der Waals surface area contributed by atoms with Crippen LogP contribution in [0.3, 0.4) is 0 Å². The van der Waals surface area contributed by atoms with Crippen LogP contribution in [0.25, 0.3) is 0 Å². The highest BCUT2D eigenvalue weighted by Gasteiger charge is 2.72. The first-order valence-electron chi connectivity index (χ1n) is 25.3. The molecule has 2 unspecified atom stereocenters. The van der Waals surface area contributed by atoms with Gasteiger partial charge >= 0.3 is 0 Å². The fourth-order valence-corrected chi connectivity index (χ4v) is 13.9. The third-order valence-electron chi connectivity index (χ3n) is 17.9. The Morgan fingerprint density at radius 2 is 1.03 bits per heavy atom. The maximum Gasteiger partial charge on any atom is 0.149 e. The molecule has 0 spiro atoms.